The minimum absolute atomic E-state index is 0.300. The molecule has 1 amide bonds. The summed E-state index contributed by atoms with van der Waals surface area (Å²) in [6.45, 7) is 2.01. The summed E-state index contributed by atoms with van der Waals surface area (Å²) in [5, 5.41) is 6.61. The van der Waals surface area contributed by atoms with Crippen LogP contribution in [-0.2, 0) is 0 Å². The zero-order chi connectivity index (χ0) is 11.4. The van der Waals surface area contributed by atoms with Crippen LogP contribution in [0.5, 0.6) is 0 Å². The molecule has 0 aromatic carbocycles. The fourth-order valence-electron chi connectivity index (χ4n) is 1.84. The summed E-state index contributed by atoms with van der Waals surface area (Å²) in [5.74, 6) is 0.218. The lowest BCUT2D eigenvalue weighted by atomic mass is 10.1. The molecule has 1 aromatic heterocycles. The summed E-state index contributed by atoms with van der Waals surface area (Å²) < 4.78 is 0. The number of rotatable bonds is 3. The van der Waals surface area contributed by atoms with Crippen LogP contribution in [0.4, 0.5) is 5.82 Å². The predicted octanol–water partition coefficient (Wildman–Crippen LogP) is 0.344. The van der Waals surface area contributed by atoms with Crippen molar-refractivity contribution in [2.45, 2.75) is 18.9 Å². The first-order valence-corrected chi connectivity index (χ1v) is 5.50. The van der Waals surface area contributed by atoms with E-state index in [0.717, 1.165) is 25.9 Å². The number of nitrogens with two attached hydrogens (primary N) is 1. The van der Waals surface area contributed by atoms with Crippen LogP contribution < -0.4 is 16.4 Å². The van der Waals surface area contributed by atoms with Crippen LogP contribution in [-0.4, -0.2) is 30.0 Å². The number of nitrogens with zero attached hydrogens (tertiary/aromatic N) is 1. The molecular weight excluding hydrogens is 204 g/mol. The van der Waals surface area contributed by atoms with Gasteiger partial charge in [-0.15, -0.1) is 0 Å². The molecule has 4 N–H and O–H groups in total. The van der Waals surface area contributed by atoms with E-state index in [9.17, 15) is 4.79 Å². The van der Waals surface area contributed by atoms with E-state index in [1.54, 1.807) is 12.1 Å². The van der Waals surface area contributed by atoms with Crippen molar-refractivity contribution in [1.29, 1.82) is 0 Å². The van der Waals surface area contributed by atoms with Gasteiger partial charge < -0.3 is 16.4 Å². The predicted molar refractivity (Wildman–Crippen MR) is 62.3 cm³/mol. The highest BCUT2D eigenvalue weighted by Crippen LogP contribution is 2.10. The van der Waals surface area contributed by atoms with E-state index >= 15 is 0 Å². The molecule has 1 aromatic rings. The molecule has 0 radical (unpaired) electrons. The molecule has 16 heavy (non-hydrogen) atoms. The Bertz CT molecular complexity index is 374. The Morgan fingerprint density at radius 3 is 3.12 bits per heavy atom. The lowest BCUT2D eigenvalue weighted by molar-refractivity contribution is 0.0995. The van der Waals surface area contributed by atoms with Gasteiger partial charge in [0, 0.05) is 12.6 Å². The van der Waals surface area contributed by atoms with E-state index in [2.05, 4.69) is 15.6 Å². The molecule has 0 aliphatic carbocycles. The van der Waals surface area contributed by atoms with Gasteiger partial charge in [-0.3, -0.25) is 4.79 Å². The van der Waals surface area contributed by atoms with Crippen molar-refractivity contribution >= 4 is 11.7 Å². The first-order chi connectivity index (χ1) is 7.75. The van der Waals surface area contributed by atoms with Crippen molar-refractivity contribution in [2.75, 3.05) is 18.4 Å². The molecule has 2 rings (SSSR count). The molecule has 5 heteroatoms. The number of nitrogens with one attached hydrogen (secondary N) is 2. The van der Waals surface area contributed by atoms with Gasteiger partial charge in [0.25, 0.3) is 5.91 Å². The number of aromatic nitrogens is 1. The highest BCUT2D eigenvalue weighted by atomic mass is 16.1. The van der Waals surface area contributed by atoms with Crippen LogP contribution in [0.15, 0.2) is 18.2 Å². The number of piperidine rings is 1. The third-order valence-electron chi connectivity index (χ3n) is 2.65. The van der Waals surface area contributed by atoms with Gasteiger partial charge in [-0.05, 0) is 31.5 Å². The maximum absolute atomic E-state index is 11.0. The first-order valence-electron chi connectivity index (χ1n) is 5.50. The molecular formula is C11H16N4O. The molecule has 1 saturated heterocycles. The Hall–Kier alpha value is -1.62. The van der Waals surface area contributed by atoms with Crippen LogP contribution in [0.1, 0.15) is 23.3 Å². The summed E-state index contributed by atoms with van der Waals surface area (Å²) in [6.07, 6.45) is 2.28. The molecule has 2 heterocycles. The Morgan fingerprint density at radius 1 is 1.56 bits per heavy atom. The fraction of sp³-hybridized carbons (Fsp3) is 0.455. The van der Waals surface area contributed by atoms with Crippen molar-refractivity contribution in [3.8, 4) is 0 Å². The third kappa shape index (κ3) is 2.70. The number of pyridine rings is 1. The molecule has 1 aliphatic rings. The van der Waals surface area contributed by atoms with E-state index < -0.39 is 5.91 Å². The molecule has 0 spiro atoms. The Morgan fingerprint density at radius 2 is 2.44 bits per heavy atom. The summed E-state index contributed by atoms with van der Waals surface area (Å²) in [5.41, 5.74) is 5.47. The molecule has 86 valence electrons. The zero-order valence-corrected chi connectivity index (χ0v) is 9.07. The molecule has 1 aliphatic heterocycles. The van der Waals surface area contributed by atoms with E-state index in [1.165, 1.54) is 0 Å². The number of primary amides is 1. The second-order valence-corrected chi connectivity index (χ2v) is 3.96. The van der Waals surface area contributed by atoms with Crippen LogP contribution >= 0.6 is 0 Å². The van der Waals surface area contributed by atoms with E-state index in [1.807, 2.05) is 6.07 Å². The number of amides is 1. The van der Waals surface area contributed by atoms with Crippen molar-refractivity contribution in [1.82, 2.24) is 10.3 Å². The van der Waals surface area contributed by atoms with Gasteiger partial charge in [0.05, 0.1) is 0 Å². The lowest BCUT2D eigenvalue weighted by Crippen LogP contribution is -2.38. The number of carbonyl (C=O) groups excluding carboxylic acids is 1. The summed E-state index contributed by atoms with van der Waals surface area (Å²) in [4.78, 5) is 15.1. The normalized spacial score (nSPS) is 20.4. The number of anilines is 1. The molecule has 1 fully saturated rings. The third-order valence-corrected chi connectivity index (χ3v) is 2.65. The average molecular weight is 220 g/mol. The Labute approximate surface area is 94.4 Å². The molecule has 0 bridgehead atoms. The van der Waals surface area contributed by atoms with E-state index in [4.69, 9.17) is 5.73 Å². The van der Waals surface area contributed by atoms with E-state index in [-0.39, 0.29) is 0 Å². The number of carbonyl (C=O) groups is 1. The van der Waals surface area contributed by atoms with Crippen LogP contribution in [0.3, 0.4) is 0 Å². The maximum atomic E-state index is 11.0. The van der Waals surface area contributed by atoms with Gasteiger partial charge in [0.1, 0.15) is 11.5 Å². The smallest absolute Gasteiger partial charge is 0.267 e. The topological polar surface area (TPSA) is 80.0 Å². The van der Waals surface area contributed by atoms with Gasteiger partial charge in [-0.2, -0.15) is 0 Å². The highest BCUT2D eigenvalue weighted by molar-refractivity contribution is 5.91. The summed E-state index contributed by atoms with van der Waals surface area (Å²) in [7, 11) is 0. The SMILES string of the molecule is NC(=O)c1cccc(NC2CCCNC2)n1. The monoisotopic (exact) mass is 220 g/mol. The number of hydrogen-bond donors (Lipinski definition) is 3. The maximum Gasteiger partial charge on any atom is 0.267 e. The highest BCUT2D eigenvalue weighted by Gasteiger charge is 2.13. The van der Waals surface area contributed by atoms with Gasteiger partial charge in [0.2, 0.25) is 0 Å². The second-order valence-electron chi connectivity index (χ2n) is 3.96. The van der Waals surface area contributed by atoms with Crippen molar-refractivity contribution in [3.05, 3.63) is 23.9 Å². The van der Waals surface area contributed by atoms with Crippen molar-refractivity contribution in [2.24, 2.45) is 5.73 Å². The molecule has 1 atom stereocenters. The largest absolute Gasteiger partial charge is 0.366 e. The zero-order valence-electron chi connectivity index (χ0n) is 9.07. The summed E-state index contributed by atoms with van der Waals surface area (Å²) in [6, 6.07) is 5.63. The van der Waals surface area contributed by atoms with Gasteiger partial charge in [0.15, 0.2) is 0 Å². The van der Waals surface area contributed by atoms with Crippen LogP contribution in [0, 0.1) is 0 Å². The van der Waals surface area contributed by atoms with E-state index in [0.29, 0.717) is 17.6 Å². The molecule has 0 saturated carbocycles. The van der Waals surface area contributed by atoms with Gasteiger partial charge >= 0.3 is 0 Å². The van der Waals surface area contributed by atoms with Crippen LogP contribution in [0.25, 0.3) is 0 Å². The Balaban J connectivity index is 2.02. The van der Waals surface area contributed by atoms with Gasteiger partial charge in [-0.1, -0.05) is 6.07 Å². The molecule has 5 nitrogen and oxygen atoms in total. The van der Waals surface area contributed by atoms with Gasteiger partial charge in [-0.25, -0.2) is 4.98 Å². The Kier molecular flexibility index (Phi) is 3.36. The average Bonchev–Trinajstić information content (AvgIpc) is 2.30. The number of hydrogen-bond acceptors (Lipinski definition) is 4. The first kappa shape index (κ1) is 10.9. The van der Waals surface area contributed by atoms with Crippen molar-refractivity contribution < 1.29 is 4.79 Å². The summed E-state index contributed by atoms with van der Waals surface area (Å²) >= 11 is 0. The van der Waals surface area contributed by atoms with Crippen molar-refractivity contribution in [3.63, 3.8) is 0 Å². The second kappa shape index (κ2) is 4.94. The minimum Gasteiger partial charge on any atom is -0.366 e. The standard InChI is InChI=1S/C11H16N4O/c12-11(16)9-4-1-5-10(15-9)14-8-3-2-6-13-7-8/h1,4-5,8,13H,2-3,6-7H2,(H2,12,16)(H,14,15). The lowest BCUT2D eigenvalue weighted by Gasteiger charge is -2.24. The quantitative estimate of drug-likeness (QED) is 0.686. The molecule has 1 unspecified atom stereocenters. The minimum atomic E-state index is -0.495. The van der Waals surface area contributed by atoms with Crippen LogP contribution in [0.2, 0.25) is 0 Å². The fourth-order valence-corrected chi connectivity index (χ4v) is 1.84.